The zero-order valence-corrected chi connectivity index (χ0v) is 14.5. The Balaban J connectivity index is 1.88. The first-order chi connectivity index (χ1) is 9.87. The summed E-state index contributed by atoms with van der Waals surface area (Å²) in [5.74, 6) is 3.05. The third-order valence-electron chi connectivity index (χ3n) is 4.33. The van der Waals surface area contributed by atoms with E-state index in [2.05, 4.69) is 50.9 Å². The Morgan fingerprint density at radius 1 is 1.38 bits per heavy atom. The fraction of sp³-hybridized carbons (Fsp3) is 0.778. The first kappa shape index (κ1) is 16.6. The molecule has 0 saturated carbocycles. The van der Waals surface area contributed by atoms with Crippen LogP contribution in [0.5, 0.6) is 0 Å². The van der Waals surface area contributed by atoms with Crippen LogP contribution in [0.15, 0.2) is 10.5 Å². The number of likely N-dealkylation sites (tertiary alicyclic amines) is 1. The number of aryl methyl sites for hydroxylation is 1. The van der Waals surface area contributed by atoms with Crippen LogP contribution >= 0.6 is 0 Å². The number of nitrogens with one attached hydrogen (secondary N) is 1. The Kier molecular flexibility index (Phi) is 5.50. The van der Waals surface area contributed by atoms with Crippen LogP contribution in [-0.4, -0.2) is 23.5 Å². The molecule has 1 saturated heterocycles. The Hall–Kier alpha value is -0.800. The molecule has 0 aliphatic carbocycles. The standard InChI is InChI=1S/C18H32N2O/c1-6-7-15-8-9-20(12-15)13-16-10-17(21-14(16)2)11-19-18(3,4)5/h10,15,19H,6-9,11-13H2,1-5H3. The lowest BCUT2D eigenvalue weighted by molar-refractivity contribution is 0.310. The van der Waals surface area contributed by atoms with E-state index in [0.29, 0.717) is 0 Å². The fourth-order valence-electron chi connectivity index (χ4n) is 3.13. The minimum absolute atomic E-state index is 0.128. The second-order valence-corrected chi connectivity index (χ2v) is 7.58. The monoisotopic (exact) mass is 292 g/mol. The molecule has 21 heavy (non-hydrogen) atoms. The fourth-order valence-corrected chi connectivity index (χ4v) is 3.13. The van der Waals surface area contributed by atoms with Crippen LogP contribution in [0.25, 0.3) is 0 Å². The highest BCUT2D eigenvalue weighted by molar-refractivity contribution is 5.21. The summed E-state index contributed by atoms with van der Waals surface area (Å²) < 4.78 is 5.91. The largest absolute Gasteiger partial charge is 0.465 e. The van der Waals surface area contributed by atoms with Gasteiger partial charge in [0.15, 0.2) is 0 Å². The van der Waals surface area contributed by atoms with Crippen LogP contribution < -0.4 is 5.32 Å². The minimum Gasteiger partial charge on any atom is -0.465 e. The van der Waals surface area contributed by atoms with Crippen molar-refractivity contribution in [3.05, 3.63) is 23.2 Å². The summed E-state index contributed by atoms with van der Waals surface area (Å²) >= 11 is 0. The normalized spacial score (nSPS) is 20.3. The summed E-state index contributed by atoms with van der Waals surface area (Å²) in [7, 11) is 0. The van der Waals surface area contributed by atoms with E-state index in [1.165, 1.54) is 37.9 Å². The number of hydrogen-bond acceptors (Lipinski definition) is 3. The molecule has 1 aliphatic heterocycles. The zero-order chi connectivity index (χ0) is 15.5. The second kappa shape index (κ2) is 6.97. The van der Waals surface area contributed by atoms with Crippen LogP contribution in [-0.2, 0) is 13.1 Å². The van der Waals surface area contributed by atoms with Crippen LogP contribution in [0.4, 0.5) is 0 Å². The van der Waals surface area contributed by atoms with E-state index in [4.69, 9.17) is 4.42 Å². The van der Waals surface area contributed by atoms with E-state index in [1.807, 2.05) is 0 Å². The van der Waals surface area contributed by atoms with Gasteiger partial charge in [0.2, 0.25) is 0 Å². The van der Waals surface area contributed by atoms with Crippen molar-refractivity contribution in [2.45, 2.75) is 72.5 Å². The van der Waals surface area contributed by atoms with E-state index < -0.39 is 0 Å². The van der Waals surface area contributed by atoms with Crippen LogP contribution in [0.3, 0.4) is 0 Å². The van der Waals surface area contributed by atoms with Crippen molar-refractivity contribution in [2.75, 3.05) is 13.1 Å². The molecule has 3 heteroatoms. The van der Waals surface area contributed by atoms with Crippen molar-refractivity contribution in [1.82, 2.24) is 10.2 Å². The van der Waals surface area contributed by atoms with Gasteiger partial charge in [0, 0.05) is 24.2 Å². The summed E-state index contributed by atoms with van der Waals surface area (Å²) in [4.78, 5) is 2.58. The maximum absolute atomic E-state index is 5.91. The molecule has 120 valence electrons. The molecule has 0 aromatic carbocycles. The first-order valence-corrected chi connectivity index (χ1v) is 8.43. The highest BCUT2D eigenvalue weighted by atomic mass is 16.3. The van der Waals surface area contributed by atoms with Crippen molar-refractivity contribution >= 4 is 0 Å². The molecule has 3 nitrogen and oxygen atoms in total. The van der Waals surface area contributed by atoms with Gasteiger partial charge in [-0.3, -0.25) is 4.90 Å². The molecule has 0 bridgehead atoms. The molecule has 1 aliphatic rings. The predicted molar refractivity (Wildman–Crippen MR) is 88.3 cm³/mol. The van der Waals surface area contributed by atoms with Crippen LogP contribution in [0.1, 0.15) is 64.0 Å². The minimum atomic E-state index is 0.128. The number of furan rings is 1. The van der Waals surface area contributed by atoms with Gasteiger partial charge in [-0.05, 0) is 59.1 Å². The molecular weight excluding hydrogens is 260 g/mol. The molecule has 0 spiro atoms. The lowest BCUT2D eigenvalue weighted by Crippen LogP contribution is -2.34. The Bertz CT molecular complexity index is 445. The quantitative estimate of drug-likeness (QED) is 0.855. The third kappa shape index (κ3) is 5.15. The van der Waals surface area contributed by atoms with Gasteiger partial charge in [0.1, 0.15) is 11.5 Å². The number of rotatable bonds is 6. The van der Waals surface area contributed by atoms with E-state index in [-0.39, 0.29) is 5.54 Å². The average molecular weight is 292 g/mol. The zero-order valence-electron chi connectivity index (χ0n) is 14.5. The van der Waals surface area contributed by atoms with Gasteiger partial charge in [-0.15, -0.1) is 0 Å². The molecule has 1 unspecified atom stereocenters. The summed E-state index contributed by atoms with van der Waals surface area (Å²) in [6, 6.07) is 2.24. The van der Waals surface area contributed by atoms with Gasteiger partial charge in [-0.25, -0.2) is 0 Å². The summed E-state index contributed by atoms with van der Waals surface area (Å²) in [5, 5.41) is 3.49. The molecule has 1 fully saturated rings. The van der Waals surface area contributed by atoms with E-state index in [0.717, 1.165) is 30.5 Å². The van der Waals surface area contributed by atoms with E-state index in [1.54, 1.807) is 0 Å². The third-order valence-corrected chi connectivity index (χ3v) is 4.33. The maximum Gasteiger partial charge on any atom is 0.118 e. The maximum atomic E-state index is 5.91. The van der Waals surface area contributed by atoms with E-state index >= 15 is 0 Å². The van der Waals surface area contributed by atoms with Gasteiger partial charge in [-0.1, -0.05) is 13.3 Å². The highest BCUT2D eigenvalue weighted by Gasteiger charge is 2.23. The Morgan fingerprint density at radius 3 is 2.81 bits per heavy atom. The molecule has 1 aromatic rings. The van der Waals surface area contributed by atoms with E-state index in [9.17, 15) is 0 Å². The SMILES string of the molecule is CCCC1CCN(Cc2cc(CNC(C)(C)C)oc2C)C1. The summed E-state index contributed by atoms with van der Waals surface area (Å²) in [5.41, 5.74) is 1.49. The molecule has 0 amide bonds. The lowest BCUT2D eigenvalue weighted by Gasteiger charge is -2.19. The van der Waals surface area contributed by atoms with Gasteiger partial charge < -0.3 is 9.73 Å². The molecule has 2 rings (SSSR count). The van der Waals surface area contributed by atoms with Crippen molar-refractivity contribution < 1.29 is 4.42 Å². The molecule has 1 aromatic heterocycles. The summed E-state index contributed by atoms with van der Waals surface area (Å²) in [6.07, 6.45) is 4.05. The summed E-state index contributed by atoms with van der Waals surface area (Å²) in [6.45, 7) is 15.3. The van der Waals surface area contributed by atoms with Crippen molar-refractivity contribution in [3.63, 3.8) is 0 Å². The van der Waals surface area contributed by atoms with Crippen molar-refractivity contribution in [2.24, 2.45) is 5.92 Å². The number of nitrogens with zero attached hydrogens (tertiary/aromatic N) is 1. The van der Waals surface area contributed by atoms with Gasteiger partial charge in [-0.2, -0.15) is 0 Å². The average Bonchev–Trinajstić information content (AvgIpc) is 2.95. The van der Waals surface area contributed by atoms with Gasteiger partial charge in [0.05, 0.1) is 6.54 Å². The Labute approximate surface area is 130 Å². The van der Waals surface area contributed by atoms with Crippen molar-refractivity contribution in [3.8, 4) is 0 Å². The predicted octanol–water partition coefficient (Wildman–Crippen LogP) is 4.10. The molecule has 0 radical (unpaired) electrons. The molecular formula is C18H32N2O. The second-order valence-electron chi connectivity index (χ2n) is 7.58. The highest BCUT2D eigenvalue weighted by Crippen LogP contribution is 2.24. The van der Waals surface area contributed by atoms with Crippen LogP contribution in [0, 0.1) is 12.8 Å². The van der Waals surface area contributed by atoms with Gasteiger partial charge in [0.25, 0.3) is 0 Å². The molecule has 2 heterocycles. The van der Waals surface area contributed by atoms with Crippen molar-refractivity contribution in [1.29, 1.82) is 0 Å². The number of hydrogen-bond donors (Lipinski definition) is 1. The molecule has 1 N–H and O–H groups in total. The first-order valence-electron chi connectivity index (χ1n) is 8.43. The van der Waals surface area contributed by atoms with Gasteiger partial charge >= 0.3 is 0 Å². The lowest BCUT2D eigenvalue weighted by atomic mass is 10.0. The Morgan fingerprint density at radius 2 is 2.14 bits per heavy atom. The smallest absolute Gasteiger partial charge is 0.118 e. The van der Waals surface area contributed by atoms with Crippen LogP contribution in [0.2, 0.25) is 0 Å². The molecule has 1 atom stereocenters. The topological polar surface area (TPSA) is 28.4 Å².